The van der Waals surface area contributed by atoms with E-state index in [0.717, 1.165) is 18.2 Å². The van der Waals surface area contributed by atoms with E-state index in [1.807, 2.05) is 11.0 Å². The van der Waals surface area contributed by atoms with E-state index in [4.69, 9.17) is 5.26 Å². The molecule has 8 nitrogen and oxygen atoms in total. The molecule has 1 heterocycles. The number of amides is 3. The summed E-state index contributed by atoms with van der Waals surface area (Å²) >= 11 is 0. The van der Waals surface area contributed by atoms with Crippen LogP contribution in [0.25, 0.3) is 0 Å². The molecular formula is C27H28F7N5O3. The number of halogens is 7. The number of nitrogens with one attached hydrogen (secondary N) is 2. The second kappa shape index (κ2) is 12.1. The molecular weight excluding hydrogens is 575 g/mol. The van der Waals surface area contributed by atoms with Crippen LogP contribution < -0.4 is 10.6 Å². The van der Waals surface area contributed by atoms with E-state index in [-0.39, 0.29) is 37.4 Å². The molecule has 0 aliphatic carbocycles. The fourth-order valence-electron chi connectivity index (χ4n) is 4.15. The zero-order chi connectivity index (χ0) is 31.5. The summed E-state index contributed by atoms with van der Waals surface area (Å²) < 4.78 is 93.2. The Kier molecular flexibility index (Phi) is 9.43. The molecule has 0 saturated carbocycles. The quantitative estimate of drug-likeness (QED) is 0.396. The maximum atomic E-state index is 14.6. The van der Waals surface area contributed by atoms with Crippen LogP contribution in [0.15, 0.2) is 42.5 Å². The zero-order valence-corrected chi connectivity index (χ0v) is 22.5. The number of piperazine rings is 1. The van der Waals surface area contributed by atoms with Crippen LogP contribution in [0.5, 0.6) is 0 Å². The Morgan fingerprint density at radius 2 is 1.52 bits per heavy atom. The van der Waals surface area contributed by atoms with Crippen molar-refractivity contribution < 1.29 is 45.4 Å². The van der Waals surface area contributed by atoms with E-state index in [0.29, 0.717) is 30.8 Å². The van der Waals surface area contributed by atoms with E-state index < -0.39 is 46.7 Å². The van der Waals surface area contributed by atoms with Gasteiger partial charge in [-0.05, 0) is 37.6 Å². The average molecular weight is 604 g/mol. The number of carbonyl (C=O) groups excluding carboxylic acids is 2. The first-order valence-electron chi connectivity index (χ1n) is 12.6. The number of hydrogen-bond acceptors (Lipinski definition) is 5. The Morgan fingerprint density at radius 3 is 2.02 bits per heavy atom. The number of hydrogen-bond donors (Lipinski definition) is 3. The van der Waals surface area contributed by atoms with E-state index in [9.17, 15) is 45.4 Å². The first-order chi connectivity index (χ1) is 19.4. The summed E-state index contributed by atoms with van der Waals surface area (Å²) in [7, 11) is 0. The summed E-state index contributed by atoms with van der Waals surface area (Å²) in [6.45, 7) is 4.53. The molecule has 0 bridgehead atoms. The molecule has 2 aromatic carbocycles. The van der Waals surface area contributed by atoms with Gasteiger partial charge in [0.05, 0.1) is 17.2 Å². The topological polar surface area (TPSA) is 109 Å². The van der Waals surface area contributed by atoms with E-state index in [2.05, 4.69) is 10.6 Å². The third kappa shape index (κ3) is 7.29. The molecule has 1 fully saturated rings. The third-order valence-corrected chi connectivity index (χ3v) is 6.72. The molecule has 3 N–H and O–H groups in total. The lowest BCUT2D eigenvalue weighted by atomic mass is 9.91. The molecule has 1 saturated heterocycles. The maximum Gasteiger partial charge on any atom is 0.430 e. The van der Waals surface area contributed by atoms with Gasteiger partial charge in [0.15, 0.2) is 0 Å². The van der Waals surface area contributed by atoms with Crippen LogP contribution in [0.4, 0.5) is 41.2 Å². The molecule has 2 aromatic rings. The summed E-state index contributed by atoms with van der Waals surface area (Å²) in [5, 5.41) is 23.3. The predicted molar refractivity (Wildman–Crippen MR) is 136 cm³/mol. The van der Waals surface area contributed by atoms with Gasteiger partial charge in [-0.1, -0.05) is 24.3 Å². The standard InChI is InChI=1S/C27H28F7N5O3/c1-24(2,15-35)16-36-23(41)37-21-8-5-18(13-20(21)28)22(40)39-11-9-38(10-12-39)14-17-3-6-19(7-4-17)25(42,26(29,30)31)27(32,33)34/h3-8,13,42H,9-12,14,16H2,1-2H3,(H2,36,37,41). The van der Waals surface area contributed by atoms with Gasteiger partial charge in [-0.15, -0.1) is 0 Å². The molecule has 228 valence electrons. The SMILES string of the molecule is CC(C)(C#N)CNC(=O)Nc1ccc(C(=O)N2CCN(Cc3ccc(C(O)(C(F)(F)F)C(F)(F)F)cc3)CC2)cc1F. The number of nitriles is 1. The molecule has 42 heavy (non-hydrogen) atoms. The maximum absolute atomic E-state index is 14.6. The Morgan fingerprint density at radius 1 is 0.952 bits per heavy atom. The number of nitrogens with zero attached hydrogens (tertiary/aromatic N) is 3. The fourth-order valence-corrected chi connectivity index (χ4v) is 4.15. The van der Waals surface area contributed by atoms with Gasteiger partial charge in [-0.3, -0.25) is 9.69 Å². The summed E-state index contributed by atoms with van der Waals surface area (Å²) in [6.07, 6.45) is -11.9. The highest BCUT2D eigenvalue weighted by atomic mass is 19.4. The van der Waals surface area contributed by atoms with Crippen molar-refractivity contribution in [1.82, 2.24) is 15.1 Å². The molecule has 3 amide bonds. The van der Waals surface area contributed by atoms with Crippen molar-refractivity contribution in [3.8, 4) is 6.07 Å². The Balaban J connectivity index is 1.56. The Labute approximate surface area is 236 Å². The molecule has 15 heteroatoms. The smallest absolute Gasteiger partial charge is 0.369 e. The fraction of sp³-hybridized carbons (Fsp3) is 0.444. The summed E-state index contributed by atoms with van der Waals surface area (Å²) in [6, 6.07) is 8.15. The summed E-state index contributed by atoms with van der Waals surface area (Å²) in [5.74, 6) is -1.32. The zero-order valence-electron chi connectivity index (χ0n) is 22.5. The highest BCUT2D eigenvalue weighted by molar-refractivity contribution is 5.95. The van der Waals surface area contributed by atoms with E-state index in [1.54, 1.807) is 13.8 Å². The van der Waals surface area contributed by atoms with Crippen LogP contribution in [-0.4, -0.2) is 71.9 Å². The summed E-state index contributed by atoms with van der Waals surface area (Å²) in [4.78, 5) is 28.2. The lowest BCUT2D eigenvalue weighted by Gasteiger charge is -2.35. The minimum Gasteiger partial charge on any atom is -0.369 e. The minimum absolute atomic E-state index is 0.0320. The average Bonchev–Trinajstić information content (AvgIpc) is 2.92. The van der Waals surface area contributed by atoms with Crippen molar-refractivity contribution in [2.45, 2.75) is 38.3 Å². The van der Waals surface area contributed by atoms with Crippen molar-refractivity contribution >= 4 is 17.6 Å². The molecule has 0 radical (unpaired) electrons. The van der Waals surface area contributed by atoms with Crippen molar-refractivity contribution in [3.05, 3.63) is 65.0 Å². The number of aliphatic hydroxyl groups is 1. The number of anilines is 1. The van der Waals surface area contributed by atoms with Gasteiger partial charge in [-0.2, -0.15) is 31.6 Å². The molecule has 1 aliphatic rings. The Hall–Kier alpha value is -3.90. The van der Waals surface area contributed by atoms with Crippen LogP contribution in [0.1, 0.15) is 35.3 Å². The molecule has 3 rings (SSSR count). The van der Waals surface area contributed by atoms with Gasteiger partial charge < -0.3 is 20.6 Å². The van der Waals surface area contributed by atoms with Crippen LogP contribution in [0.3, 0.4) is 0 Å². The highest BCUT2D eigenvalue weighted by Gasteiger charge is 2.71. The lowest BCUT2D eigenvalue weighted by molar-refractivity contribution is -0.376. The van der Waals surface area contributed by atoms with Gasteiger partial charge >= 0.3 is 18.4 Å². The molecule has 0 spiro atoms. The van der Waals surface area contributed by atoms with Gasteiger partial charge in [0, 0.05) is 50.4 Å². The Bertz CT molecular complexity index is 1320. The van der Waals surface area contributed by atoms with Crippen LogP contribution in [0, 0.1) is 22.6 Å². The number of alkyl halides is 6. The minimum atomic E-state index is -5.97. The van der Waals surface area contributed by atoms with E-state index in [1.165, 1.54) is 17.0 Å². The van der Waals surface area contributed by atoms with Crippen molar-refractivity contribution in [2.24, 2.45) is 5.41 Å². The van der Waals surface area contributed by atoms with Crippen molar-refractivity contribution in [3.63, 3.8) is 0 Å². The third-order valence-electron chi connectivity index (χ3n) is 6.72. The van der Waals surface area contributed by atoms with Crippen molar-refractivity contribution in [2.75, 3.05) is 38.0 Å². The van der Waals surface area contributed by atoms with Crippen LogP contribution in [-0.2, 0) is 12.1 Å². The van der Waals surface area contributed by atoms with E-state index >= 15 is 0 Å². The van der Waals surface area contributed by atoms with Crippen molar-refractivity contribution in [1.29, 1.82) is 5.26 Å². The van der Waals surface area contributed by atoms with Gasteiger partial charge in [0.1, 0.15) is 5.82 Å². The highest BCUT2D eigenvalue weighted by Crippen LogP contribution is 2.50. The van der Waals surface area contributed by atoms with Crippen LogP contribution in [0.2, 0.25) is 0 Å². The molecule has 1 aliphatic heterocycles. The number of urea groups is 1. The second-order valence-electron chi connectivity index (χ2n) is 10.5. The first-order valence-corrected chi connectivity index (χ1v) is 12.6. The largest absolute Gasteiger partial charge is 0.430 e. The first kappa shape index (κ1) is 32.6. The normalized spacial score (nSPS) is 15.2. The summed E-state index contributed by atoms with van der Waals surface area (Å²) in [5.41, 5.74) is -6.90. The van der Waals surface area contributed by atoms with Gasteiger partial charge in [0.25, 0.3) is 11.5 Å². The molecule has 0 unspecified atom stereocenters. The monoisotopic (exact) mass is 603 g/mol. The number of benzene rings is 2. The number of carbonyl (C=O) groups is 2. The second-order valence-corrected chi connectivity index (χ2v) is 10.5. The van der Waals surface area contributed by atoms with Gasteiger partial charge in [-0.25, -0.2) is 9.18 Å². The lowest BCUT2D eigenvalue weighted by Crippen LogP contribution is -2.53. The van der Waals surface area contributed by atoms with Crippen LogP contribution >= 0.6 is 0 Å². The molecule has 0 atom stereocenters. The number of rotatable bonds is 7. The predicted octanol–water partition coefficient (Wildman–Crippen LogP) is 4.77. The van der Waals surface area contributed by atoms with Gasteiger partial charge in [0.2, 0.25) is 0 Å². The molecule has 0 aromatic heterocycles.